The Balaban J connectivity index is 2.71. The van der Waals surface area contributed by atoms with Crippen LogP contribution in [0.2, 0.25) is 0 Å². The van der Waals surface area contributed by atoms with Crippen LogP contribution in [0.25, 0.3) is 0 Å². The lowest BCUT2D eigenvalue weighted by atomic mass is 10.1. The summed E-state index contributed by atoms with van der Waals surface area (Å²) < 4.78 is 29.5. The summed E-state index contributed by atoms with van der Waals surface area (Å²) in [4.78, 5) is 0. The summed E-state index contributed by atoms with van der Waals surface area (Å²) in [6.45, 7) is 4.16. The SMILES string of the molecule is [CH]C1O[C@H](CO)[C@H](O)C1(F)F. The number of hydrogen-bond donors (Lipinski definition) is 2. The van der Waals surface area contributed by atoms with Crippen molar-refractivity contribution in [3.63, 3.8) is 0 Å². The van der Waals surface area contributed by atoms with Crippen molar-refractivity contribution in [2.45, 2.75) is 24.2 Å². The van der Waals surface area contributed by atoms with Gasteiger partial charge < -0.3 is 14.9 Å². The Labute approximate surface area is 62.6 Å². The van der Waals surface area contributed by atoms with E-state index in [1.165, 1.54) is 0 Å². The average Bonchev–Trinajstić information content (AvgIpc) is 2.14. The summed E-state index contributed by atoms with van der Waals surface area (Å²) in [6, 6.07) is 0. The molecule has 1 aliphatic heterocycles. The lowest BCUT2D eigenvalue weighted by Crippen LogP contribution is -2.39. The molecule has 2 radical (unpaired) electrons. The van der Waals surface area contributed by atoms with Crippen LogP contribution in [0.1, 0.15) is 0 Å². The molecule has 1 unspecified atom stereocenters. The van der Waals surface area contributed by atoms with Crippen LogP contribution in [0.15, 0.2) is 0 Å². The molecule has 0 aliphatic carbocycles. The van der Waals surface area contributed by atoms with Crippen LogP contribution in [0, 0.1) is 6.92 Å². The van der Waals surface area contributed by atoms with E-state index in [0.29, 0.717) is 0 Å². The number of hydrogen-bond acceptors (Lipinski definition) is 3. The first kappa shape index (κ1) is 8.83. The molecule has 0 aromatic carbocycles. The van der Waals surface area contributed by atoms with Gasteiger partial charge in [-0.1, -0.05) is 0 Å². The Morgan fingerprint density at radius 1 is 1.55 bits per heavy atom. The predicted molar refractivity (Wildman–Crippen MR) is 31.0 cm³/mol. The highest BCUT2D eigenvalue weighted by Gasteiger charge is 2.56. The molecule has 5 heteroatoms. The highest BCUT2D eigenvalue weighted by atomic mass is 19.3. The van der Waals surface area contributed by atoms with Gasteiger partial charge in [0, 0.05) is 6.92 Å². The molecule has 2 N–H and O–H groups in total. The van der Waals surface area contributed by atoms with Gasteiger partial charge in [0.05, 0.1) is 6.61 Å². The third-order valence-corrected chi connectivity index (χ3v) is 1.63. The molecular formula is C6H8F2O3. The normalized spacial score (nSPS) is 42.8. The van der Waals surface area contributed by atoms with Crippen LogP contribution in [0.4, 0.5) is 8.78 Å². The summed E-state index contributed by atoms with van der Waals surface area (Å²) in [7, 11) is 0. The maximum absolute atomic E-state index is 12.6. The fraction of sp³-hybridized carbons (Fsp3) is 0.833. The minimum Gasteiger partial charge on any atom is -0.394 e. The van der Waals surface area contributed by atoms with Gasteiger partial charge in [0.2, 0.25) is 0 Å². The summed E-state index contributed by atoms with van der Waals surface area (Å²) in [6.07, 6.45) is -5.11. The smallest absolute Gasteiger partial charge is 0.301 e. The molecule has 11 heavy (non-hydrogen) atoms. The third-order valence-electron chi connectivity index (χ3n) is 1.63. The van der Waals surface area contributed by atoms with Crippen LogP contribution in [0.5, 0.6) is 0 Å². The number of ether oxygens (including phenoxy) is 1. The van der Waals surface area contributed by atoms with Crippen LogP contribution in [0.3, 0.4) is 0 Å². The summed E-state index contributed by atoms with van der Waals surface area (Å²) in [5.74, 6) is -3.46. The molecule has 0 bridgehead atoms. The van der Waals surface area contributed by atoms with E-state index in [9.17, 15) is 8.78 Å². The molecule has 64 valence electrons. The van der Waals surface area contributed by atoms with Gasteiger partial charge in [0.25, 0.3) is 0 Å². The van der Waals surface area contributed by atoms with Crippen molar-refractivity contribution in [2.75, 3.05) is 6.61 Å². The van der Waals surface area contributed by atoms with Crippen molar-refractivity contribution in [1.29, 1.82) is 0 Å². The van der Waals surface area contributed by atoms with Crippen molar-refractivity contribution >= 4 is 0 Å². The Hall–Kier alpha value is -0.260. The first-order valence-corrected chi connectivity index (χ1v) is 3.08. The standard InChI is InChI=1S/C6H8F2O3/c1-3-6(7,8)5(10)4(2-9)11-3/h1,3-5,9-10H,2H2/t3?,4-,5+/m1/s1. The van der Waals surface area contributed by atoms with E-state index in [4.69, 9.17) is 17.1 Å². The highest BCUT2D eigenvalue weighted by molar-refractivity contribution is 4.97. The van der Waals surface area contributed by atoms with Gasteiger partial charge in [-0.05, 0) is 0 Å². The van der Waals surface area contributed by atoms with Crippen LogP contribution in [-0.4, -0.2) is 41.1 Å². The molecule has 1 aliphatic rings. The van der Waals surface area contributed by atoms with E-state index in [-0.39, 0.29) is 0 Å². The predicted octanol–water partition coefficient (Wildman–Crippen LogP) is -0.547. The molecule has 0 amide bonds. The molecule has 1 saturated heterocycles. The number of aliphatic hydroxyl groups is 2. The Morgan fingerprint density at radius 2 is 2.09 bits per heavy atom. The van der Waals surface area contributed by atoms with Gasteiger partial charge in [-0.3, -0.25) is 0 Å². The van der Waals surface area contributed by atoms with Crippen molar-refractivity contribution in [1.82, 2.24) is 0 Å². The van der Waals surface area contributed by atoms with Crippen molar-refractivity contribution < 1.29 is 23.7 Å². The van der Waals surface area contributed by atoms with E-state index >= 15 is 0 Å². The Bertz CT molecular complexity index is 151. The molecule has 0 saturated carbocycles. The number of rotatable bonds is 1. The lowest BCUT2D eigenvalue weighted by Gasteiger charge is -2.15. The van der Waals surface area contributed by atoms with E-state index in [2.05, 4.69) is 4.74 Å². The minimum absolute atomic E-state index is 0.662. The third kappa shape index (κ3) is 1.23. The second kappa shape index (κ2) is 2.66. The molecule has 1 heterocycles. The van der Waals surface area contributed by atoms with Crippen LogP contribution in [-0.2, 0) is 4.74 Å². The topological polar surface area (TPSA) is 49.7 Å². The number of alkyl halides is 2. The van der Waals surface area contributed by atoms with E-state index in [1.807, 2.05) is 0 Å². The second-order valence-electron chi connectivity index (χ2n) is 2.40. The number of aliphatic hydroxyl groups excluding tert-OH is 2. The second-order valence-corrected chi connectivity index (χ2v) is 2.40. The quantitative estimate of drug-likeness (QED) is 0.549. The summed E-state index contributed by atoms with van der Waals surface area (Å²) in [5, 5.41) is 17.2. The van der Waals surface area contributed by atoms with Crippen LogP contribution >= 0.6 is 0 Å². The molecule has 1 rings (SSSR count). The first-order valence-electron chi connectivity index (χ1n) is 3.08. The zero-order valence-corrected chi connectivity index (χ0v) is 5.58. The monoisotopic (exact) mass is 166 g/mol. The fourth-order valence-electron chi connectivity index (χ4n) is 0.912. The fourth-order valence-corrected chi connectivity index (χ4v) is 0.912. The molecule has 0 spiro atoms. The van der Waals surface area contributed by atoms with E-state index < -0.39 is 30.8 Å². The van der Waals surface area contributed by atoms with Gasteiger partial charge >= 0.3 is 5.92 Å². The molecule has 0 aromatic rings. The molecular weight excluding hydrogens is 158 g/mol. The van der Waals surface area contributed by atoms with E-state index in [0.717, 1.165) is 0 Å². The van der Waals surface area contributed by atoms with Gasteiger partial charge in [-0.25, -0.2) is 8.78 Å². The minimum atomic E-state index is -3.46. The van der Waals surface area contributed by atoms with Crippen molar-refractivity contribution in [3.8, 4) is 0 Å². The average molecular weight is 166 g/mol. The Kier molecular flexibility index (Phi) is 2.13. The van der Waals surface area contributed by atoms with Crippen molar-refractivity contribution in [2.24, 2.45) is 0 Å². The molecule has 3 atom stereocenters. The number of halogens is 2. The first-order chi connectivity index (χ1) is 5.00. The molecule has 1 fully saturated rings. The van der Waals surface area contributed by atoms with Crippen LogP contribution < -0.4 is 0 Å². The molecule has 3 nitrogen and oxygen atoms in total. The summed E-state index contributed by atoms with van der Waals surface area (Å²) in [5.41, 5.74) is 0. The van der Waals surface area contributed by atoms with Gasteiger partial charge in [0.1, 0.15) is 18.3 Å². The Morgan fingerprint density at radius 3 is 2.27 bits per heavy atom. The largest absolute Gasteiger partial charge is 0.394 e. The lowest BCUT2D eigenvalue weighted by molar-refractivity contribution is -0.0993. The maximum Gasteiger partial charge on any atom is 0.301 e. The van der Waals surface area contributed by atoms with E-state index in [1.54, 1.807) is 0 Å². The zero-order valence-electron chi connectivity index (χ0n) is 5.58. The van der Waals surface area contributed by atoms with Gasteiger partial charge in [0.15, 0.2) is 0 Å². The van der Waals surface area contributed by atoms with Gasteiger partial charge in [-0.2, -0.15) is 0 Å². The highest BCUT2D eigenvalue weighted by Crippen LogP contribution is 2.35. The molecule has 0 aromatic heterocycles. The summed E-state index contributed by atoms with van der Waals surface area (Å²) >= 11 is 0. The zero-order chi connectivity index (χ0) is 8.65. The van der Waals surface area contributed by atoms with Crippen molar-refractivity contribution in [3.05, 3.63) is 6.92 Å². The van der Waals surface area contributed by atoms with Gasteiger partial charge in [-0.15, -0.1) is 0 Å². The maximum atomic E-state index is 12.6.